The molecule has 0 aromatic heterocycles. The summed E-state index contributed by atoms with van der Waals surface area (Å²) in [6.07, 6.45) is 0. The Labute approximate surface area is 140 Å². The van der Waals surface area contributed by atoms with E-state index in [2.05, 4.69) is 4.74 Å². The molecule has 0 unspecified atom stereocenters. The van der Waals surface area contributed by atoms with Crippen LogP contribution in [0.3, 0.4) is 0 Å². The van der Waals surface area contributed by atoms with Crippen LogP contribution in [0.2, 0.25) is 5.02 Å². The normalized spacial score (nSPS) is 11.1. The number of carbonyl (C=O) groups is 1. The topological polar surface area (TPSA) is 63.7 Å². The molecule has 0 N–H and O–H groups in total. The van der Waals surface area contributed by atoms with Gasteiger partial charge in [-0.25, -0.2) is 13.2 Å². The van der Waals surface area contributed by atoms with Gasteiger partial charge in [0.25, 0.3) is 10.0 Å². The number of halogens is 1. The van der Waals surface area contributed by atoms with Crippen molar-refractivity contribution in [2.24, 2.45) is 0 Å². The maximum Gasteiger partial charge on any atom is 0.337 e. The number of hydrogen-bond donors (Lipinski definition) is 0. The van der Waals surface area contributed by atoms with Crippen LogP contribution in [0, 0.1) is 0 Å². The van der Waals surface area contributed by atoms with Gasteiger partial charge in [0.05, 0.1) is 23.3 Å². The van der Waals surface area contributed by atoms with Gasteiger partial charge in [0.2, 0.25) is 0 Å². The molecular formula is C16H16ClNO4S. The van der Waals surface area contributed by atoms with Gasteiger partial charge in [-0.1, -0.05) is 11.6 Å². The van der Waals surface area contributed by atoms with Gasteiger partial charge in [0.1, 0.15) is 0 Å². The molecule has 2 aromatic carbocycles. The molecule has 0 aliphatic heterocycles. The lowest BCUT2D eigenvalue weighted by atomic mass is 10.2. The van der Waals surface area contributed by atoms with E-state index in [9.17, 15) is 13.2 Å². The first-order valence-corrected chi connectivity index (χ1v) is 8.68. The number of nitrogens with zero attached hydrogens (tertiary/aromatic N) is 1. The van der Waals surface area contributed by atoms with E-state index in [1.165, 1.54) is 47.8 Å². The molecule has 2 aromatic rings. The molecule has 0 saturated heterocycles. The number of benzene rings is 2. The van der Waals surface area contributed by atoms with E-state index in [4.69, 9.17) is 11.6 Å². The summed E-state index contributed by atoms with van der Waals surface area (Å²) >= 11 is 5.80. The summed E-state index contributed by atoms with van der Waals surface area (Å²) in [7, 11) is -2.41. The van der Waals surface area contributed by atoms with Gasteiger partial charge >= 0.3 is 5.97 Å². The van der Waals surface area contributed by atoms with Crippen LogP contribution >= 0.6 is 11.6 Å². The van der Waals surface area contributed by atoms with Crippen molar-refractivity contribution < 1.29 is 17.9 Å². The fourth-order valence-corrected chi connectivity index (χ4v) is 3.71. The summed E-state index contributed by atoms with van der Waals surface area (Å²) in [5.74, 6) is -0.472. The molecule has 0 fully saturated rings. The molecule has 0 bridgehead atoms. The van der Waals surface area contributed by atoms with Gasteiger partial charge in [-0.15, -0.1) is 0 Å². The fourth-order valence-electron chi connectivity index (χ4n) is 2.11. The third-order valence-electron chi connectivity index (χ3n) is 3.27. The highest BCUT2D eigenvalue weighted by molar-refractivity contribution is 7.92. The summed E-state index contributed by atoms with van der Waals surface area (Å²) in [5, 5.41) is 0.467. The Hall–Kier alpha value is -2.05. The Morgan fingerprint density at radius 2 is 1.65 bits per heavy atom. The maximum absolute atomic E-state index is 12.7. The molecule has 0 amide bonds. The Balaban J connectivity index is 2.38. The predicted molar refractivity (Wildman–Crippen MR) is 89.4 cm³/mol. The third kappa shape index (κ3) is 3.65. The van der Waals surface area contributed by atoms with Crippen LogP contribution < -0.4 is 4.31 Å². The van der Waals surface area contributed by atoms with Crippen LogP contribution in [-0.4, -0.2) is 28.0 Å². The van der Waals surface area contributed by atoms with E-state index in [1.807, 2.05) is 0 Å². The predicted octanol–water partition coefficient (Wildman–Crippen LogP) is 3.34. The van der Waals surface area contributed by atoms with Gasteiger partial charge in [0.15, 0.2) is 0 Å². The van der Waals surface area contributed by atoms with Gasteiger partial charge in [-0.3, -0.25) is 4.31 Å². The Morgan fingerprint density at radius 1 is 1.09 bits per heavy atom. The fraction of sp³-hybridized carbons (Fsp3) is 0.188. The molecule has 0 aliphatic rings. The van der Waals surface area contributed by atoms with E-state index in [1.54, 1.807) is 19.1 Å². The van der Waals surface area contributed by atoms with Crippen molar-refractivity contribution in [3.8, 4) is 0 Å². The minimum absolute atomic E-state index is 0.154. The molecule has 2 rings (SSSR count). The number of esters is 1. The van der Waals surface area contributed by atoms with Crippen LogP contribution in [0.5, 0.6) is 0 Å². The zero-order valence-electron chi connectivity index (χ0n) is 12.7. The van der Waals surface area contributed by atoms with Gasteiger partial charge < -0.3 is 4.74 Å². The zero-order valence-corrected chi connectivity index (χ0v) is 14.3. The van der Waals surface area contributed by atoms with E-state index in [-0.39, 0.29) is 11.4 Å². The summed E-state index contributed by atoms with van der Waals surface area (Å²) in [4.78, 5) is 11.6. The summed E-state index contributed by atoms with van der Waals surface area (Å²) in [5.41, 5.74) is 0.825. The summed E-state index contributed by atoms with van der Waals surface area (Å²) < 4.78 is 31.4. The molecule has 7 heteroatoms. The second-order valence-electron chi connectivity index (χ2n) is 4.66. The van der Waals surface area contributed by atoms with Gasteiger partial charge in [-0.05, 0) is 55.5 Å². The molecule has 0 radical (unpaired) electrons. The van der Waals surface area contributed by atoms with E-state index in [0.29, 0.717) is 16.3 Å². The monoisotopic (exact) mass is 353 g/mol. The lowest BCUT2D eigenvalue weighted by molar-refractivity contribution is 0.0601. The van der Waals surface area contributed by atoms with Crippen molar-refractivity contribution >= 4 is 33.3 Å². The number of methoxy groups -OCH3 is 1. The third-order valence-corrected chi connectivity index (χ3v) is 5.43. The average molecular weight is 354 g/mol. The molecule has 0 heterocycles. The SMILES string of the molecule is CCN(c1ccc(C(=O)OC)cc1)S(=O)(=O)c1ccc(Cl)cc1. The van der Waals surface area contributed by atoms with Crippen molar-refractivity contribution in [2.75, 3.05) is 18.0 Å². The number of carbonyl (C=O) groups excluding carboxylic acids is 1. The molecule has 0 spiro atoms. The van der Waals surface area contributed by atoms with E-state index in [0.717, 1.165) is 0 Å². The van der Waals surface area contributed by atoms with Crippen LogP contribution in [0.4, 0.5) is 5.69 Å². The number of sulfonamides is 1. The molecular weight excluding hydrogens is 338 g/mol. The zero-order chi connectivity index (χ0) is 17.0. The smallest absolute Gasteiger partial charge is 0.337 e. The molecule has 0 saturated carbocycles. The number of rotatable bonds is 5. The largest absolute Gasteiger partial charge is 0.465 e. The lowest BCUT2D eigenvalue weighted by Crippen LogP contribution is -2.30. The first kappa shape index (κ1) is 17.3. The first-order chi connectivity index (χ1) is 10.9. The average Bonchev–Trinajstić information content (AvgIpc) is 2.55. The summed E-state index contributed by atoms with van der Waals surface area (Å²) in [6.45, 7) is 1.99. The molecule has 0 aliphatic carbocycles. The number of hydrogen-bond acceptors (Lipinski definition) is 4. The number of ether oxygens (including phenoxy) is 1. The minimum Gasteiger partial charge on any atom is -0.465 e. The van der Waals surface area contributed by atoms with Crippen molar-refractivity contribution in [1.29, 1.82) is 0 Å². The van der Waals surface area contributed by atoms with Crippen molar-refractivity contribution in [3.63, 3.8) is 0 Å². The summed E-state index contributed by atoms with van der Waals surface area (Å²) in [6, 6.07) is 12.2. The Kier molecular flexibility index (Phi) is 5.28. The second kappa shape index (κ2) is 7.02. The van der Waals surface area contributed by atoms with Crippen molar-refractivity contribution in [2.45, 2.75) is 11.8 Å². The highest BCUT2D eigenvalue weighted by atomic mass is 35.5. The molecule has 5 nitrogen and oxygen atoms in total. The van der Waals surface area contributed by atoms with Gasteiger partial charge in [-0.2, -0.15) is 0 Å². The van der Waals surface area contributed by atoms with Crippen LogP contribution in [-0.2, 0) is 14.8 Å². The van der Waals surface area contributed by atoms with Crippen LogP contribution in [0.15, 0.2) is 53.4 Å². The quantitative estimate of drug-likeness (QED) is 0.773. The van der Waals surface area contributed by atoms with Gasteiger partial charge in [0, 0.05) is 11.6 Å². The van der Waals surface area contributed by atoms with Crippen molar-refractivity contribution in [3.05, 3.63) is 59.1 Å². The van der Waals surface area contributed by atoms with E-state index < -0.39 is 16.0 Å². The lowest BCUT2D eigenvalue weighted by Gasteiger charge is -2.23. The van der Waals surface area contributed by atoms with Crippen LogP contribution in [0.25, 0.3) is 0 Å². The Morgan fingerprint density at radius 3 is 2.13 bits per heavy atom. The standard InChI is InChI=1S/C16H16ClNO4S/c1-3-18(14-8-4-12(5-9-14)16(19)22-2)23(20,21)15-10-6-13(17)7-11-15/h4-11H,3H2,1-2H3. The molecule has 23 heavy (non-hydrogen) atoms. The highest BCUT2D eigenvalue weighted by Crippen LogP contribution is 2.25. The molecule has 0 atom stereocenters. The van der Waals surface area contributed by atoms with E-state index >= 15 is 0 Å². The van der Waals surface area contributed by atoms with Crippen molar-refractivity contribution in [1.82, 2.24) is 0 Å². The second-order valence-corrected chi connectivity index (χ2v) is 6.96. The molecule has 122 valence electrons. The van der Waals surface area contributed by atoms with Crippen LogP contribution in [0.1, 0.15) is 17.3 Å². The highest BCUT2D eigenvalue weighted by Gasteiger charge is 2.23. The Bertz CT molecular complexity index is 786. The minimum atomic E-state index is -3.70. The number of anilines is 1. The first-order valence-electron chi connectivity index (χ1n) is 6.87. The maximum atomic E-state index is 12.7.